The highest BCUT2D eigenvalue weighted by Crippen LogP contribution is 2.34. The fourth-order valence-electron chi connectivity index (χ4n) is 3.27. The average molecular weight is 420 g/mol. The molecule has 1 aliphatic heterocycles. The lowest BCUT2D eigenvalue weighted by atomic mass is 9.98. The molecule has 1 heterocycles. The second kappa shape index (κ2) is 8.17. The minimum absolute atomic E-state index is 0.0123. The van der Waals surface area contributed by atoms with E-state index in [2.05, 4.69) is 10.1 Å². The van der Waals surface area contributed by atoms with Gasteiger partial charge in [-0.3, -0.25) is 14.4 Å². The number of para-hydroxylation sites is 1. The zero-order valence-corrected chi connectivity index (χ0v) is 16.2. The molecule has 0 saturated carbocycles. The Kier molecular flexibility index (Phi) is 5.82. The van der Waals surface area contributed by atoms with Crippen LogP contribution in [0.15, 0.2) is 48.5 Å². The van der Waals surface area contributed by atoms with Crippen LogP contribution in [0, 0.1) is 5.92 Å². The van der Waals surface area contributed by atoms with Gasteiger partial charge in [-0.05, 0) is 30.2 Å². The molecule has 0 spiro atoms. The Morgan fingerprint density at radius 2 is 1.87 bits per heavy atom. The van der Waals surface area contributed by atoms with Crippen LogP contribution >= 0.6 is 0 Å². The Bertz CT molecular complexity index is 990. The summed E-state index contributed by atoms with van der Waals surface area (Å²) in [7, 11) is 1.45. The molecule has 2 aromatic rings. The number of likely N-dealkylation sites (tertiary alicyclic amines) is 1. The minimum atomic E-state index is -4.83. The molecular formula is C21H19F3N2O4. The van der Waals surface area contributed by atoms with Crippen LogP contribution in [0.2, 0.25) is 0 Å². The van der Waals surface area contributed by atoms with Gasteiger partial charge in [-0.1, -0.05) is 36.4 Å². The number of hydrogen-bond donors (Lipinski definition) is 1. The maximum Gasteiger partial charge on any atom is 0.573 e. The summed E-state index contributed by atoms with van der Waals surface area (Å²) in [4.78, 5) is 37.2. The van der Waals surface area contributed by atoms with E-state index >= 15 is 0 Å². The third-order valence-electron chi connectivity index (χ3n) is 4.82. The third-order valence-corrected chi connectivity index (χ3v) is 4.82. The zero-order chi connectivity index (χ0) is 22.1. The minimum Gasteiger partial charge on any atom is -0.405 e. The van der Waals surface area contributed by atoms with Gasteiger partial charge in [0.1, 0.15) is 11.7 Å². The van der Waals surface area contributed by atoms with E-state index in [0.717, 1.165) is 0 Å². The van der Waals surface area contributed by atoms with E-state index < -0.39 is 35.9 Å². The summed E-state index contributed by atoms with van der Waals surface area (Å²) in [5.74, 6) is -3.44. The van der Waals surface area contributed by atoms with Crippen molar-refractivity contribution < 1.29 is 32.3 Å². The summed E-state index contributed by atoms with van der Waals surface area (Å²) in [5.41, 5.74) is 1.33. The van der Waals surface area contributed by atoms with E-state index in [0.29, 0.717) is 11.1 Å². The van der Waals surface area contributed by atoms with Crippen LogP contribution in [-0.2, 0) is 14.4 Å². The SMILES string of the molecule is C[C@@H](NC(=O)C1CN(C)C(=O)C1=O)c1cccc(-c2ccccc2OC(F)(F)F)c1. The first kappa shape index (κ1) is 21.4. The molecule has 3 rings (SSSR count). The molecule has 0 bridgehead atoms. The van der Waals surface area contributed by atoms with Gasteiger partial charge in [0.15, 0.2) is 0 Å². The number of rotatable bonds is 5. The van der Waals surface area contributed by atoms with Crippen LogP contribution in [-0.4, -0.2) is 42.5 Å². The second-order valence-electron chi connectivity index (χ2n) is 7.00. The normalized spacial score (nSPS) is 17.8. The van der Waals surface area contributed by atoms with Crippen molar-refractivity contribution in [2.45, 2.75) is 19.3 Å². The molecule has 0 radical (unpaired) electrons. The van der Waals surface area contributed by atoms with E-state index in [4.69, 9.17) is 0 Å². The van der Waals surface area contributed by atoms with Crippen molar-refractivity contribution >= 4 is 17.6 Å². The number of likely N-dealkylation sites (N-methyl/N-ethyl adjacent to an activating group) is 1. The van der Waals surface area contributed by atoms with Crippen LogP contribution in [0.1, 0.15) is 18.5 Å². The molecule has 6 nitrogen and oxygen atoms in total. The largest absolute Gasteiger partial charge is 0.573 e. The molecule has 30 heavy (non-hydrogen) atoms. The number of amides is 2. The predicted molar refractivity (Wildman–Crippen MR) is 101 cm³/mol. The maximum absolute atomic E-state index is 12.7. The first-order valence-corrected chi connectivity index (χ1v) is 9.11. The van der Waals surface area contributed by atoms with E-state index in [1.807, 2.05) is 0 Å². The van der Waals surface area contributed by atoms with Crippen molar-refractivity contribution in [1.29, 1.82) is 0 Å². The van der Waals surface area contributed by atoms with E-state index in [1.54, 1.807) is 37.3 Å². The highest BCUT2D eigenvalue weighted by atomic mass is 19.4. The lowest BCUT2D eigenvalue weighted by Crippen LogP contribution is -2.37. The van der Waals surface area contributed by atoms with Gasteiger partial charge in [0.05, 0.1) is 6.04 Å². The van der Waals surface area contributed by atoms with Crippen LogP contribution in [0.5, 0.6) is 5.75 Å². The van der Waals surface area contributed by atoms with E-state index in [-0.39, 0.29) is 17.9 Å². The summed E-state index contributed by atoms with van der Waals surface area (Å²) in [5, 5.41) is 2.69. The number of nitrogens with one attached hydrogen (secondary N) is 1. The van der Waals surface area contributed by atoms with Crippen LogP contribution in [0.4, 0.5) is 13.2 Å². The Morgan fingerprint density at radius 3 is 2.50 bits per heavy atom. The number of nitrogens with zero attached hydrogens (tertiary/aromatic N) is 1. The molecular weight excluding hydrogens is 401 g/mol. The first-order valence-electron chi connectivity index (χ1n) is 9.11. The molecule has 9 heteroatoms. The number of halogens is 3. The Hall–Kier alpha value is -3.36. The predicted octanol–water partition coefficient (Wildman–Crippen LogP) is 3.09. The van der Waals surface area contributed by atoms with Gasteiger partial charge in [-0.25, -0.2) is 0 Å². The van der Waals surface area contributed by atoms with E-state index in [9.17, 15) is 27.6 Å². The van der Waals surface area contributed by atoms with Gasteiger partial charge in [0, 0.05) is 19.2 Å². The lowest BCUT2D eigenvalue weighted by molar-refractivity contribution is -0.274. The average Bonchev–Trinajstić information content (AvgIpc) is 2.94. The fraction of sp³-hybridized carbons (Fsp3) is 0.286. The summed E-state index contributed by atoms with van der Waals surface area (Å²) in [6.07, 6.45) is -4.83. The molecule has 1 aliphatic rings. The number of alkyl halides is 3. The van der Waals surface area contributed by atoms with Crippen LogP contribution in [0.3, 0.4) is 0 Å². The monoisotopic (exact) mass is 420 g/mol. The van der Waals surface area contributed by atoms with Gasteiger partial charge >= 0.3 is 6.36 Å². The molecule has 1 saturated heterocycles. The number of hydrogen-bond acceptors (Lipinski definition) is 4. The highest BCUT2D eigenvalue weighted by Gasteiger charge is 2.41. The summed E-state index contributed by atoms with van der Waals surface area (Å²) in [6.45, 7) is 1.69. The Labute approximate surface area is 170 Å². The first-order chi connectivity index (χ1) is 14.1. The van der Waals surface area contributed by atoms with Gasteiger partial charge in [0.25, 0.3) is 5.91 Å². The summed E-state index contributed by atoms with van der Waals surface area (Å²) in [6, 6.07) is 11.8. The Balaban J connectivity index is 1.80. The molecule has 158 valence electrons. The van der Waals surface area contributed by atoms with E-state index in [1.165, 1.54) is 30.1 Å². The molecule has 1 N–H and O–H groups in total. The molecule has 1 unspecified atom stereocenters. The fourth-order valence-corrected chi connectivity index (χ4v) is 3.27. The highest BCUT2D eigenvalue weighted by molar-refractivity contribution is 6.42. The standard InChI is InChI=1S/C21H19F3N2O4/c1-12(25-19(28)16-11-26(2)20(29)18(16)27)13-6-5-7-14(10-13)15-8-3-4-9-17(15)30-21(22,23)24/h3-10,12,16H,11H2,1-2H3,(H,25,28)/t12-,16?/m1/s1. The van der Waals surface area contributed by atoms with Crippen LogP contribution in [0.25, 0.3) is 11.1 Å². The topological polar surface area (TPSA) is 75.7 Å². The third kappa shape index (κ3) is 4.61. The van der Waals surface area contributed by atoms with Crippen molar-refractivity contribution in [3.05, 3.63) is 54.1 Å². The molecule has 2 aromatic carbocycles. The number of benzene rings is 2. The Morgan fingerprint density at radius 1 is 1.17 bits per heavy atom. The van der Waals surface area contributed by atoms with Gasteiger partial charge in [0.2, 0.25) is 11.7 Å². The van der Waals surface area contributed by atoms with Crippen molar-refractivity contribution in [1.82, 2.24) is 10.2 Å². The number of carbonyl (C=O) groups excluding carboxylic acids is 3. The number of ketones is 1. The van der Waals surface area contributed by atoms with Gasteiger partial charge in [-0.2, -0.15) is 0 Å². The smallest absolute Gasteiger partial charge is 0.405 e. The maximum atomic E-state index is 12.7. The van der Waals surface area contributed by atoms with Gasteiger partial charge in [-0.15, -0.1) is 13.2 Å². The number of Topliss-reactive ketones (excluding diaryl/α,β-unsaturated/α-hetero) is 1. The van der Waals surface area contributed by atoms with Crippen molar-refractivity contribution in [2.24, 2.45) is 5.92 Å². The van der Waals surface area contributed by atoms with Crippen molar-refractivity contribution in [2.75, 3.05) is 13.6 Å². The molecule has 1 fully saturated rings. The molecule has 2 atom stereocenters. The molecule has 2 amide bonds. The van der Waals surface area contributed by atoms with Crippen LogP contribution < -0.4 is 10.1 Å². The zero-order valence-electron chi connectivity index (χ0n) is 16.2. The number of ether oxygens (including phenoxy) is 1. The van der Waals surface area contributed by atoms with Crippen molar-refractivity contribution in [3.63, 3.8) is 0 Å². The van der Waals surface area contributed by atoms with Crippen molar-refractivity contribution in [3.8, 4) is 16.9 Å². The summed E-state index contributed by atoms with van der Waals surface area (Å²) >= 11 is 0. The molecule has 0 aromatic heterocycles. The second-order valence-corrected chi connectivity index (χ2v) is 7.00. The van der Waals surface area contributed by atoms with Gasteiger partial charge < -0.3 is 15.0 Å². The number of carbonyl (C=O) groups is 3. The quantitative estimate of drug-likeness (QED) is 0.596. The molecule has 0 aliphatic carbocycles. The lowest BCUT2D eigenvalue weighted by Gasteiger charge is -2.18. The summed E-state index contributed by atoms with van der Waals surface area (Å²) < 4.78 is 42.2.